The molecule has 3 aromatic rings. The molecule has 3 N–H and O–H groups in total. The van der Waals surface area contributed by atoms with Gasteiger partial charge >= 0.3 is 6.18 Å². The summed E-state index contributed by atoms with van der Waals surface area (Å²) < 4.78 is 95.5. The Labute approximate surface area is 208 Å². The number of H-pyrrole nitrogens is 1. The van der Waals surface area contributed by atoms with E-state index in [1.807, 2.05) is 11.4 Å². The van der Waals surface area contributed by atoms with Gasteiger partial charge in [-0.05, 0) is 36.4 Å². The van der Waals surface area contributed by atoms with Crippen LogP contribution in [0.4, 0.5) is 22.0 Å². The number of rotatable bonds is 9. The maximum atomic E-state index is 14.3. The third-order valence-electron chi connectivity index (χ3n) is 5.99. The summed E-state index contributed by atoms with van der Waals surface area (Å²) in [5, 5.41) is 14.2. The minimum absolute atomic E-state index is 0.249. The first-order chi connectivity index (χ1) is 17.3. The van der Waals surface area contributed by atoms with Crippen LogP contribution in [0.1, 0.15) is 30.1 Å². The first-order valence-electron chi connectivity index (χ1n) is 11.1. The highest BCUT2D eigenvalue weighted by atomic mass is 32.2. The van der Waals surface area contributed by atoms with Crippen LogP contribution in [0.3, 0.4) is 0 Å². The van der Waals surface area contributed by atoms with Crippen molar-refractivity contribution in [2.75, 3.05) is 5.75 Å². The highest BCUT2D eigenvalue weighted by molar-refractivity contribution is 7.90. The molecule has 0 aliphatic heterocycles. The summed E-state index contributed by atoms with van der Waals surface area (Å²) in [4.78, 5) is 15.9. The Morgan fingerprint density at radius 1 is 1.14 bits per heavy atom. The van der Waals surface area contributed by atoms with Crippen LogP contribution in [0, 0.1) is 23.0 Å². The van der Waals surface area contributed by atoms with Gasteiger partial charge in [-0.3, -0.25) is 10.1 Å². The van der Waals surface area contributed by atoms with E-state index in [0.717, 1.165) is 0 Å². The van der Waals surface area contributed by atoms with Crippen LogP contribution in [-0.4, -0.2) is 42.8 Å². The monoisotopic (exact) mass is 540 g/mol. The largest absolute Gasteiger partial charge is 0.408 e. The Morgan fingerprint density at radius 3 is 2.43 bits per heavy atom. The summed E-state index contributed by atoms with van der Waals surface area (Å²) in [6, 6.07) is 6.96. The third kappa shape index (κ3) is 6.26. The highest BCUT2D eigenvalue weighted by Gasteiger charge is 2.48. The van der Waals surface area contributed by atoms with Gasteiger partial charge in [0.1, 0.15) is 29.3 Å². The van der Waals surface area contributed by atoms with Crippen LogP contribution in [0.2, 0.25) is 0 Å². The molecule has 7 nitrogen and oxygen atoms in total. The zero-order valence-electron chi connectivity index (χ0n) is 19.1. The van der Waals surface area contributed by atoms with Crippen molar-refractivity contribution in [2.24, 2.45) is 0 Å². The molecule has 1 aliphatic carbocycles. The number of fused-ring (bicyclic) bond motifs is 1. The van der Waals surface area contributed by atoms with E-state index in [1.165, 1.54) is 0 Å². The number of hydrogen-bond acceptors (Lipinski definition) is 5. The molecule has 0 bridgehead atoms. The Bertz CT molecular complexity index is 1440. The number of para-hydroxylation sites is 1. The summed E-state index contributed by atoms with van der Waals surface area (Å²) in [6.07, 6.45) is -4.68. The van der Waals surface area contributed by atoms with E-state index in [9.17, 15) is 40.4 Å². The van der Waals surface area contributed by atoms with E-state index >= 15 is 0 Å². The van der Waals surface area contributed by atoms with E-state index in [1.54, 1.807) is 30.3 Å². The van der Waals surface area contributed by atoms with E-state index in [0.29, 0.717) is 23.0 Å². The first-order valence-corrected chi connectivity index (χ1v) is 12.9. The number of sulfone groups is 1. The van der Waals surface area contributed by atoms with Gasteiger partial charge in [0.2, 0.25) is 5.91 Å². The molecule has 0 spiro atoms. The van der Waals surface area contributed by atoms with Crippen molar-refractivity contribution in [1.82, 2.24) is 15.6 Å². The quantitative estimate of drug-likeness (QED) is 0.358. The summed E-state index contributed by atoms with van der Waals surface area (Å²) in [5.74, 6) is -5.48. The second-order valence-electron chi connectivity index (χ2n) is 8.98. The molecule has 1 fully saturated rings. The normalized spacial score (nSPS) is 16.6. The number of nitriles is 1. The topological polar surface area (TPSA) is 115 Å². The lowest BCUT2D eigenvalue weighted by atomic mass is 10.0. The predicted molar refractivity (Wildman–Crippen MR) is 124 cm³/mol. The van der Waals surface area contributed by atoms with Gasteiger partial charge in [-0.2, -0.15) is 18.4 Å². The number of amides is 1. The fourth-order valence-electron chi connectivity index (χ4n) is 3.97. The van der Waals surface area contributed by atoms with Crippen molar-refractivity contribution in [2.45, 2.75) is 42.4 Å². The van der Waals surface area contributed by atoms with Crippen LogP contribution in [-0.2, 0) is 20.4 Å². The molecule has 37 heavy (non-hydrogen) atoms. The Hall–Kier alpha value is -3.50. The van der Waals surface area contributed by atoms with Crippen LogP contribution >= 0.6 is 0 Å². The van der Waals surface area contributed by atoms with Crippen molar-refractivity contribution >= 4 is 26.6 Å². The Morgan fingerprint density at radius 2 is 1.84 bits per heavy atom. The molecule has 0 radical (unpaired) electrons. The van der Waals surface area contributed by atoms with E-state index in [2.05, 4.69) is 10.3 Å². The van der Waals surface area contributed by atoms with Gasteiger partial charge < -0.3 is 10.3 Å². The van der Waals surface area contributed by atoms with Gasteiger partial charge in [0, 0.05) is 22.8 Å². The number of benzene rings is 2. The molecule has 2 aromatic carbocycles. The number of nitrogens with zero attached hydrogens (tertiary/aromatic N) is 1. The maximum Gasteiger partial charge on any atom is 0.408 e. The summed E-state index contributed by atoms with van der Waals surface area (Å²) in [7, 11) is -4.22. The van der Waals surface area contributed by atoms with Crippen molar-refractivity contribution in [3.63, 3.8) is 0 Å². The molecule has 1 aromatic heterocycles. The molecular weight excluding hydrogens is 519 g/mol. The Balaban J connectivity index is 1.63. The molecule has 1 saturated carbocycles. The zero-order chi connectivity index (χ0) is 27.0. The van der Waals surface area contributed by atoms with Crippen LogP contribution < -0.4 is 10.6 Å². The highest BCUT2D eigenvalue weighted by Crippen LogP contribution is 2.36. The van der Waals surface area contributed by atoms with Gasteiger partial charge in [-0.25, -0.2) is 17.2 Å². The molecule has 1 amide bonds. The number of hydrogen-bond donors (Lipinski definition) is 3. The minimum atomic E-state index is -5.18. The zero-order valence-corrected chi connectivity index (χ0v) is 19.9. The van der Waals surface area contributed by atoms with Crippen molar-refractivity contribution in [3.05, 3.63) is 71.4 Å². The molecule has 1 heterocycles. The van der Waals surface area contributed by atoms with Crippen LogP contribution in [0.25, 0.3) is 10.9 Å². The molecule has 1 aliphatic rings. The number of halogens is 5. The first kappa shape index (κ1) is 26.6. The SMILES string of the molecule is N#CC1(NC(=O)[C@H](CS(=O)(=O)Cc2cc3ccccc3[nH]2)N[C@@H](c2ccc(F)cc2F)C(F)(F)F)CC1. The van der Waals surface area contributed by atoms with Gasteiger partial charge in [-0.1, -0.05) is 24.3 Å². The maximum absolute atomic E-state index is 14.3. The Kier molecular flexibility index (Phi) is 7.00. The number of carbonyl (C=O) groups is 1. The average Bonchev–Trinajstić information content (AvgIpc) is 3.45. The van der Waals surface area contributed by atoms with Gasteiger partial charge in [0.15, 0.2) is 9.84 Å². The van der Waals surface area contributed by atoms with Gasteiger partial charge in [0.05, 0.1) is 17.6 Å². The number of alkyl halides is 3. The van der Waals surface area contributed by atoms with Crippen LogP contribution in [0.15, 0.2) is 48.5 Å². The fourth-order valence-corrected chi connectivity index (χ4v) is 5.47. The number of nitrogens with one attached hydrogen (secondary N) is 3. The van der Waals surface area contributed by atoms with Crippen molar-refractivity contribution < 1.29 is 35.2 Å². The lowest BCUT2D eigenvalue weighted by Crippen LogP contribution is -2.54. The third-order valence-corrected chi connectivity index (χ3v) is 7.59. The summed E-state index contributed by atoms with van der Waals surface area (Å²) >= 11 is 0. The number of aromatic amines is 1. The van der Waals surface area contributed by atoms with E-state index in [-0.39, 0.29) is 24.6 Å². The smallest absolute Gasteiger partial charge is 0.358 e. The van der Waals surface area contributed by atoms with Crippen molar-refractivity contribution in [3.8, 4) is 6.07 Å². The lowest BCUT2D eigenvalue weighted by Gasteiger charge is -2.28. The second-order valence-corrected chi connectivity index (χ2v) is 11.1. The number of carbonyl (C=O) groups excluding carboxylic acids is 1. The minimum Gasteiger partial charge on any atom is -0.358 e. The lowest BCUT2D eigenvalue weighted by molar-refractivity contribution is -0.161. The molecule has 2 atom stereocenters. The molecule has 0 unspecified atom stereocenters. The molecule has 196 valence electrons. The van der Waals surface area contributed by atoms with E-state index < -0.39 is 68.2 Å². The van der Waals surface area contributed by atoms with Gasteiger partial charge in [0.25, 0.3) is 0 Å². The molecule has 4 rings (SSSR count). The standard InChI is InChI=1S/C24H21F5N4O3S/c25-15-5-6-17(18(26)10-15)21(24(27,28)29)32-20(22(34)33-23(13-30)7-8-23)12-37(35,36)11-16-9-14-3-1-2-4-19(14)31-16/h1-6,9-10,20-21,31-32H,7-8,11-12H2,(H,33,34)/t20-,21-/m0/s1. The molecule has 0 saturated heterocycles. The summed E-state index contributed by atoms with van der Waals surface area (Å²) in [6.45, 7) is 0. The van der Waals surface area contributed by atoms with Crippen molar-refractivity contribution in [1.29, 1.82) is 5.26 Å². The summed E-state index contributed by atoms with van der Waals surface area (Å²) in [5.41, 5.74) is -1.41. The molecule has 13 heteroatoms. The fraction of sp³-hybridized carbons (Fsp3) is 0.333. The molecular formula is C24H21F5N4O3S. The van der Waals surface area contributed by atoms with Gasteiger partial charge in [-0.15, -0.1) is 0 Å². The second kappa shape index (κ2) is 9.75. The van der Waals surface area contributed by atoms with Crippen LogP contribution in [0.5, 0.6) is 0 Å². The predicted octanol–water partition coefficient (Wildman–Crippen LogP) is 3.80. The number of aromatic nitrogens is 1. The van der Waals surface area contributed by atoms with E-state index in [4.69, 9.17) is 0 Å². The average molecular weight is 541 g/mol.